The molecule has 1 saturated heterocycles. The molecule has 1 fully saturated rings. The first-order valence-electron chi connectivity index (χ1n) is 6.75. The van der Waals surface area contributed by atoms with Crippen LogP contribution in [0.4, 0.5) is 0 Å². The molecule has 2 N–H and O–H groups in total. The topological polar surface area (TPSA) is 70.4 Å². The maximum atomic E-state index is 11.3. The lowest BCUT2D eigenvalue weighted by atomic mass is 10.1. The number of piperazine rings is 1. The number of hydrogen-bond donors (Lipinski definition) is 2. The molecule has 6 heteroatoms. The third kappa shape index (κ3) is 2.28. The van der Waals surface area contributed by atoms with E-state index < -0.39 is 12.0 Å². The standard InChI is InChI=1S/C14H18N4O2/c1-17-12-5-3-2-4-10(12)11(16-17)9-18-7-6-15-8-13(18)14(19)20/h2-5,13,15H,6-9H2,1H3,(H,19,20). The van der Waals surface area contributed by atoms with Crippen molar-refractivity contribution in [3.05, 3.63) is 30.0 Å². The lowest BCUT2D eigenvalue weighted by molar-refractivity contribution is -0.144. The summed E-state index contributed by atoms with van der Waals surface area (Å²) >= 11 is 0. The molecule has 1 unspecified atom stereocenters. The number of aliphatic carboxylic acids is 1. The number of para-hydroxylation sites is 1. The molecule has 0 bridgehead atoms. The molecule has 0 spiro atoms. The van der Waals surface area contributed by atoms with E-state index in [2.05, 4.69) is 10.4 Å². The zero-order valence-electron chi connectivity index (χ0n) is 11.4. The van der Waals surface area contributed by atoms with Crippen molar-refractivity contribution in [2.24, 2.45) is 7.05 Å². The Morgan fingerprint density at radius 2 is 2.30 bits per heavy atom. The summed E-state index contributed by atoms with van der Waals surface area (Å²) in [4.78, 5) is 13.3. The monoisotopic (exact) mass is 274 g/mol. The van der Waals surface area contributed by atoms with Gasteiger partial charge in [0.15, 0.2) is 0 Å². The minimum Gasteiger partial charge on any atom is -0.480 e. The summed E-state index contributed by atoms with van der Waals surface area (Å²) in [5, 5.41) is 18.1. The van der Waals surface area contributed by atoms with Gasteiger partial charge in [0.1, 0.15) is 6.04 Å². The van der Waals surface area contributed by atoms with Crippen LogP contribution in [0, 0.1) is 0 Å². The Hall–Kier alpha value is -1.92. The quantitative estimate of drug-likeness (QED) is 0.849. The molecule has 6 nitrogen and oxygen atoms in total. The van der Waals surface area contributed by atoms with Crippen LogP contribution >= 0.6 is 0 Å². The number of aromatic nitrogens is 2. The van der Waals surface area contributed by atoms with Crippen LogP contribution in [-0.4, -0.2) is 51.4 Å². The summed E-state index contributed by atoms with van der Waals surface area (Å²) in [5.74, 6) is -0.780. The Kier molecular flexibility index (Phi) is 3.42. The van der Waals surface area contributed by atoms with Crippen LogP contribution in [0.1, 0.15) is 5.69 Å². The SMILES string of the molecule is Cn1nc(CN2CCNCC2C(=O)O)c2ccccc21. The van der Waals surface area contributed by atoms with Crippen molar-refractivity contribution < 1.29 is 9.90 Å². The van der Waals surface area contributed by atoms with E-state index >= 15 is 0 Å². The molecule has 1 aliphatic heterocycles. The number of nitrogens with zero attached hydrogens (tertiary/aromatic N) is 3. The van der Waals surface area contributed by atoms with Gasteiger partial charge in [0.2, 0.25) is 0 Å². The lowest BCUT2D eigenvalue weighted by Crippen LogP contribution is -2.54. The molecule has 20 heavy (non-hydrogen) atoms. The van der Waals surface area contributed by atoms with E-state index in [1.165, 1.54) is 0 Å². The summed E-state index contributed by atoms with van der Waals surface area (Å²) in [6.07, 6.45) is 0. The van der Waals surface area contributed by atoms with Crippen molar-refractivity contribution in [2.45, 2.75) is 12.6 Å². The molecular weight excluding hydrogens is 256 g/mol. The smallest absolute Gasteiger partial charge is 0.322 e. The van der Waals surface area contributed by atoms with Gasteiger partial charge in [-0.1, -0.05) is 18.2 Å². The highest BCUT2D eigenvalue weighted by Gasteiger charge is 2.29. The first kappa shape index (κ1) is 13.1. The number of carboxylic acids is 1. The first-order valence-corrected chi connectivity index (χ1v) is 6.75. The largest absolute Gasteiger partial charge is 0.480 e. The molecule has 3 rings (SSSR count). The zero-order valence-corrected chi connectivity index (χ0v) is 11.4. The Morgan fingerprint density at radius 1 is 1.50 bits per heavy atom. The van der Waals surface area contributed by atoms with Crippen molar-refractivity contribution in [3.63, 3.8) is 0 Å². The number of aryl methyl sites for hydroxylation is 1. The van der Waals surface area contributed by atoms with Crippen LogP contribution < -0.4 is 5.32 Å². The average Bonchev–Trinajstić information content (AvgIpc) is 2.76. The fourth-order valence-corrected chi connectivity index (χ4v) is 2.78. The molecule has 2 heterocycles. The van der Waals surface area contributed by atoms with Gasteiger partial charge in [-0.15, -0.1) is 0 Å². The predicted octanol–water partition coefficient (Wildman–Crippen LogP) is 0.432. The molecule has 2 aromatic rings. The molecular formula is C14H18N4O2. The molecule has 0 saturated carbocycles. The Bertz CT molecular complexity index is 637. The Morgan fingerprint density at radius 3 is 3.10 bits per heavy atom. The minimum atomic E-state index is -0.780. The summed E-state index contributed by atoms with van der Waals surface area (Å²) in [6.45, 7) is 2.59. The van der Waals surface area contributed by atoms with Crippen molar-refractivity contribution in [3.8, 4) is 0 Å². The Balaban J connectivity index is 1.90. The van der Waals surface area contributed by atoms with Gasteiger partial charge in [-0.3, -0.25) is 14.4 Å². The number of nitrogens with one attached hydrogen (secondary N) is 1. The minimum absolute atomic E-state index is 0.482. The van der Waals surface area contributed by atoms with Crippen LogP contribution in [0.3, 0.4) is 0 Å². The summed E-state index contributed by atoms with van der Waals surface area (Å²) < 4.78 is 1.85. The predicted molar refractivity (Wildman–Crippen MR) is 75.4 cm³/mol. The highest BCUT2D eigenvalue weighted by atomic mass is 16.4. The van der Waals surface area contributed by atoms with Gasteiger partial charge in [0, 0.05) is 38.6 Å². The summed E-state index contributed by atoms with van der Waals surface area (Å²) in [6, 6.07) is 7.55. The number of hydrogen-bond acceptors (Lipinski definition) is 4. The second-order valence-corrected chi connectivity index (χ2v) is 5.12. The maximum absolute atomic E-state index is 11.3. The fourth-order valence-electron chi connectivity index (χ4n) is 2.78. The van der Waals surface area contributed by atoms with Crippen molar-refractivity contribution >= 4 is 16.9 Å². The molecule has 106 valence electrons. The first-order chi connectivity index (χ1) is 9.66. The molecule has 1 aliphatic rings. The second kappa shape index (κ2) is 5.22. The van der Waals surface area contributed by atoms with Gasteiger partial charge in [-0.2, -0.15) is 5.10 Å². The maximum Gasteiger partial charge on any atom is 0.322 e. The van der Waals surface area contributed by atoms with E-state index in [-0.39, 0.29) is 0 Å². The number of carbonyl (C=O) groups is 1. The Labute approximate surface area is 117 Å². The summed E-state index contributed by atoms with van der Waals surface area (Å²) in [5.41, 5.74) is 2.01. The van der Waals surface area contributed by atoms with E-state index in [1.54, 1.807) is 0 Å². The van der Waals surface area contributed by atoms with Crippen molar-refractivity contribution in [1.29, 1.82) is 0 Å². The third-order valence-corrected chi connectivity index (χ3v) is 3.83. The van der Waals surface area contributed by atoms with Gasteiger partial charge < -0.3 is 10.4 Å². The van der Waals surface area contributed by atoms with E-state index in [1.807, 2.05) is 40.9 Å². The highest BCUT2D eigenvalue weighted by Crippen LogP contribution is 2.20. The van der Waals surface area contributed by atoms with Crippen LogP contribution in [0.25, 0.3) is 10.9 Å². The average molecular weight is 274 g/mol. The molecule has 0 aliphatic carbocycles. The third-order valence-electron chi connectivity index (χ3n) is 3.83. The van der Waals surface area contributed by atoms with Gasteiger partial charge in [0.25, 0.3) is 0 Å². The van der Waals surface area contributed by atoms with Crippen molar-refractivity contribution in [2.75, 3.05) is 19.6 Å². The van der Waals surface area contributed by atoms with E-state index in [9.17, 15) is 9.90 Å². The number of rotatable bonds is 3. The number of benzene rings is 1. The van der Waals surface area contributed by atoms with Crippen LogP contribution in [0.5, 0.6) is 0 Å². The highest BCUT2D eigenvalue weighted by molar-refractivity contribution is 5.82. The van der Waals surface area contributed by atoms with E-state index in [0.29, 0.717) is 13.1 Å². The van der Waals surface area contributed by atoms with Crippen LogP contribution in [-0.2, 0) is 18.4 Å². The van der Waals surface area contributed by atoms with Crippen molar-refractivity contribution in [1.82, 2.24) is 20.0 Å². The van der Waals surface area contributed by atoms with Crippen LogP contribution in [0.2, 0.25) is 0 Å². The zero-order chi connectivity index (χ0) is 14.1. The molecule has 0 radical (unpaired) electrons. The lowest BCUT2D eigenvalue weighted by Gasteiger charge is -2.32. The van der Waals surface area contributed by atoms with Gasteiger partial charge in [0.05, 0.1) is 11.2 Å². The molecule has 1 atom stereocenters. The van der Waals surface area contributed by atoms with Gasteiger partial charge in [-0.25, -0.2) is 0 Å². The number of fused-ring (bicyclic) bond motifs is 1. The number of carboxylic acid groups (broad SMARTS) is 1. The molecule has 1 aromatic heterocycles. The molecule has 0 amide bonds. The van der Waals surface area contributed by atoms with Gasteiger partial charge >= 0.3 is 5.97 Å². The van der Waals surface area contributed by atoms with E-state index in [4.69, 9.17) is 0 Å². The van der Waals surface area contributed by atoms with Crippen LogP contribution in [0.15, 0.2) is 24.3 Å². The fraction of sp³-hybridized carbons (Fsp3) is 0.429. The summed E-state index contributed by atoms with van der Waals surface area (Å²) in [7, 11) is 1.91. The molecule has 1 aromatic carbocycles. The second-order valence-electron chi connectivity index (χ2n) is 5.12. The normalized spacial score (nSPS) is 20.4. The van der Waals surface area contributed by atoms with Gasteiger partial charge in [-0.05, 0) is 6.07 Å². The van der Waals surface area contributed by atoms with E-state index in [0.717, 1.165) is 29.7 Å².